The van der Waals surface area contributed by atoms with E-state index in [1.807, 2.05) is 21.1 Å². The monoisotopic (exact) mass is 606 g/mol. The SMILES string of the molecule is CCCCCCCCCCCCCCCC(=O)NC(COP(=O)([O-])OCC[N+](C)(C)C)C(O)CCCCCCCC. The number of carbonyl (C=O) groups excluding carboxylic acids is 1. The van der Waals surface area contributed by atoms with E-state index >= 15 is 0 Å². The van der Waals surface area contributed by atoms with E-state index in [1.165, 1.54) is 83.5 Å². The summed E-state index contributed by atoms with van der Waals surface area (Å²) in [5, 5.41) is 13.6. The first-order valence-corrected chi connectivity index (χ1v) is 18.3. The lowest BCUT2D eigenvalue weighted by atomic mass is 10.0. The van der Waals surface area contributed by atoms with Crippen LogP contribution in [0.15, 0.2) is 0 Å². The van der Waals surface area contributed by atoms with Gasteiger partial charge in [-0.05, 0) is 12.8 Å². The zero-order valence-corrected chi connectivity index (χ0v) is 28.4. The maximum atomic E-state index is 12.7. The van der Waals surface area contributed by atoms with Gasteiger partial charge in [0.1, 0.15) is 13.2 Å². The number of nitrogens with zero attached hydrogens (tertiary/aromatic N) is 1. The van der Waals surface area contributed by atoms with Crippen LogP contribution in [-0.4, -0.2) is 68.5 Å². The number of quaternary nitrogens is 1. The van der Waals surface area contributed by atoms with Crippen molar-refractivity contribution in [2.45, 2.75) is 161 Å². The molecule has 2 N–H and O–H groups in total. The molecule has 1 amide bonds. The zero-order valence-electron chi connectivity index (χ0n) is 27.5. The molecule has 3 unspecified atom stereocenters. The summed E-state index contributed by atoms with van der Waals surface area (Å²) in [6.45, 7) is 4.63. The van der Waals surface area contributed by atoms with E-state index in [-0.39, 0.29) is 19.1 Å². The van der Waals surface area contributed by atoms with Gasteiger partial charge in [-0.1, -0.05) is 129 Å². The number of hydrogen-bond acceptors (Lipinski definition) is 6. The van der Waals surface area contributed by atoms with Crippen molar-refractivity contribution in [3.8, 4) is 0 Å². The molecule has 3 atom stereocenters. The standard InChI is InChI=1S/C32H67N2O6P/c1-6-8-10-12-14-15-16-17-18-19-20-22-24-26-32(36)33-30(31(35)25-23-21-13-11-9-7-2)29-40-41(37,38)39-28-27-34(3,4)5/h30-31,35H,6-29H2,1-5H3,(H-,33,36,37,38). The summed E-state index contributed by atoms with van der Waals surface area (Å²) >= 11 is 0. The lowest BCUT2D eigenvalue weighted by Crippen LogP contribution is -2.46. The number of aliphatic hydroxyl groups is 1. The normalized spacial score (nSPS) is 15.0. The first-order chi connectivity index (χ1) is 19.5. The van der Waals surface area contributed by atoms with Crippen LogP contribution in [-0.2, 0) is 18.4 Å². The van der Waals surface area contributed by atoms with Crippen LogP contribution in [0.4, 0.5) is 0 Å². The Kier molecular flexibility index (Phi) is 25.6. The molecule has 0 fully saturated rings. The predicted molar refractivity (Wildman–Crippen MR) is 169 cm³/mol. The fraction of sp³-hybridized carbons (Fsp3) is 0.969. The Morgan fingerprint density at radius 1 is 0.756 bits per heavy atom. The summed E-state index contributed by atoms with van der Waals surface area (Å²) < 4.78 is 22.9. The summed E-state index contributed by atoms with van der Waals surface area (Å²) in [6, 6.07) is -0.788. The van der Waals surface area contributed by atoms with Crippen molar-refractivity contribution in [2.75, 3.05) is 40.9 Å². The van der Waals surface area contributed by atoms with Crippen molar-refractivity contribution in [2.24, 2.45) is 0 Å². The van der Waals surface area contributed by atoms with Crippen molar-refractivity contribution in [1.82, 2.24) is 5.32 Å². The van der Waals surface area contributed by atoms with E-state index in [9.17, 15) is 19.4 Å². The van der Waals surface area contributed by atoms with Gasteiger partial charge in [0.15, 0.2) is 0 Å². The molecule has 0 spiro atoms. The summed E-state index contributed by atoms with van der Waals surface area (Å²) in [7, 11) is 1.30. The van der Waals surface area contributed by atoms with Gasteiger partial charge in [0.25, 0.3) is 7.82 Å². The number of rotatable bonds is 30. The third-order valence-electron chi connectivity index (χ3n) is 7.60. The molecule has 0 aromatic carbocycles. The predicted octanol–water partition coefficient (Wildman–Crippen LogP) is 7.27. The number of likely N-dealkylation sites (N-methyl/N-ethyl adjacent to an activating group) is 1. The molecule has 41 heavy (non-hydrogen) atoms. The molecular weight excluding hydrogens is 539 g/mol. The largest absolute Gasteiger partial charge is 0.756 e. The molecule has 9 heteroatoms. The van der Waals surface area contributed by atoms with E-state index in [0.717, 1.165) is 38.5 Å². The number of amides is 1. The molecule has 0 aliphatic carbocycles. The number of unbranched alkanes of at least 4 members (excludes halogenated alkanes) is 17. The van der Waals surface area contributed by atoms with E-state index in [4.69, 9.17) is 9.05 Å². The first-order valence-electron chi connectivity index (χ1n) is 16.9. The Morgan fingerprint density at radius 2 is 1.20 bits per heavy atom. The Bertz CT molecular complexity index is 659. The number of phosphoric acid groups is 1. The maximum absolute atomic E-state index is 12.7. The third-order valence-corrected chi connectivity index (χ3v) is 8.56. The fourth-order valence-corrected chi connectivity index (χ4v) is 5.52. The molecule has 0 radical (unpaired) electrons. The van der Waals surface area contributed by atoms with Crippen LogP contribution in [0.3, 0.4) is 0 Å². The van der Waals surface area contributed by atoms with Gasteiger partial charge in [-0.25, -0.2) is 0 Å². The van der Waals surface area contributed by atoms with Crippen LogP contribution in [0.5, 0.6) is 0 Å². The lowest BCUT2D eigenvalue weighted by molar-refractivity contribution is -0.870. The second kappa shape index (κ2) is 25.9. The van der Waals surface area contributed by atoms with E-state index in [2.05, 4.69) is 19.2 Å². The second-order valence-electron chi connectivity index (χ2n) is 12.9. The lowest BCUT2D eigenvalue weighted by Gasteiger charge is -2.30. The van der Waals surface area contributed by atoms with Gasteiger partial charge in [0.05, 0.1) is 39.9 Å². The van der Waals surface area contributed by atoms with Gasteiger partial charge in [0.2, 0.25) is 5.91 Å². The molecule has 0 rings (SSSR count). The van der Waals surface area contributed by atoms with Crippen molar-refractivity contribution in [3.63, 3.8) is 0 Å². The average molecular weight is 607 g/mol. The summed E-state index contributed by atoms with van der Waals surface area (Å²) in [6.07, 6.45) is 22.6. The van der Waals surface area contributed by atoms with Crippen LogP contribution in [0.2, 0.25) is 0 Å². The van der Waals surface area contributed by atoms with Crippen LogP contribution in [0.25, 0.3) is 0 Å². The summed E-state index contributed by atoms with van der Waals surface area (Å²) in [5.74, 6) is -0.171. The molecule has 0 aromatic rings. The van der Waals surface area contributed by atoms with Crippen molar-refractivity contribution in [3.05, 3.63) is 0 Å². The molecule has 0 saturated carbocycles. The van der Waals surface area contributed by atoms with Gasteiger partial charge < -0.3 is 28.8 Å². The minimum Gasteiger partial charge on any atom is -0.756 e. The topological polar surface area (TPSA) is 108 Å². The Labute approximate surface area is 253 Å². The molecule has 0 bridgehead atoms. The highest BCUT2D eigenvalue weighted by atomic mass is 31.2. The molecule has 0 aliphatic rings. The smallest absolute Gasteiger partial charge is 0.268 e. The van der Waals surface area contributed by atoms with Crippen LogP contribution >= 0.6 is 7.82 Å². The highest BCUT2D eigenvalue weighted by molar-refractivity contribution is 7.45. The summed E-state index contributed by atoms with van der Waals surface area (Å²) in [4.78, 5) is 24.9. The molecule has 0 aromatic heterocycles. The van der Waals surface area contributed by atoms with E-state index < -0.39 is 20.0 Å². The number of nitrogens with one attached hydrogen (secondary N) is 1. The molecule has 246 valence electrons. The van der Waals surface area contributed by atoms with Crippen LogP contribution < -0.4 is 10.2 Å². The first kappa shape index (κ1) is 40.5. The number of aliphatic hydroxyl groups excluding tert-OH is 1. The van der Waals surface area contributed by atoms with Gasteiger partial charge >= 0.3 is 0 Å². The highest BCUT2D eigenvalue weighted by Gasteiger charge is 2.24. The average Bonchev–Trinajstić information content (AvgIpc) is 2.90. The molecule has 8 nitrogen and oxygen atoms in total. The van der Waals surface area contributed by atoms with Gasteiger partial charge in [-0.2, -0.15) is 0 Å². The third kappa shape index (κ3) is 28.1. The zero-order chi connectivity index (χ0) is 30.8. The van der Waals surface area contributed by atoms with E-state index in [1.54, 1.807) is 0 Å². The Morgan fingerprint density at radius 3 is 1.66 bits per heavy atom. The quantitative estimate of drug-likeness (QED) is 0.0506. The molecule has 0 aliphatic heterocycles. The Balaban J connectivity index is 4.40. The van der Waals surface area contributed by atoms with Crippen molar-refractivity contribution in [1.29, 1.82) is 0 Å². The highest BCUT2D eigenvalue weighted by Crippen LogP contribution is 2.38. The second-order valence-corrected chi connectivity index (χ2v) is 14.3. The fourth-order valence-electron chi connectivity index (χ4n) is 4.80. The minimum absolute atomic E-state index is 0.0145. The van der Waals surface area contributed by atoms with Gasteiger partial charge in [-0.3, -0.25) is 9.36 Å². The molecular formula is C32H67N2O6P. The van der Waals surface area contributed by atoms with Gasteiger partial charge in [0, 0.05) is 6.42 Å². The molecule has 0 heterocycles. The van der Waals surface area contributed by atoms with Crippen LogP contribution in [0, 0.1) is 0 Å². The van der Waals surface area contributed by atoms with Crippen molar-refractivity contribution < 1.29 is 32.9 Å². The number of carbonyl (C=O) groups is 1. The summed E-state index contributed by atoms with van der Waals surface area (Å²) in [5.41, 5.74) is 0. The number of phosphoric ester groups is 1. The van der Waals surface area contributed by atoms with Crippen molar-refractivity contribution >= 4 is 13.7 Å². The number of hydrogen-bond donors (Lipinski definition) is 2. The Hall–Kier alpha value is -0.500. The van der Waals surface area contributed by atoms with E-state index in [0.29, 0.717) is 23.9 Å². The molecule has 0 saturated heterocycles. The maximum Gasteiger partial charge on any atom is 0.268 e. The minimum atomic E-state index is -4.53. The van der Waals surface area contributed by atoms with Gasteiger partial charge in [-0.15, -0.1) is 0 Å². The van der Waals surface area contributed by atoms with Crippen LogP contribution in [0.1, 0.15) is 149 Å².